The number of unbranched alkanes of at least 4 members (excludes halogenated alkanes) is 2. The topological polar surface area (TPSA) is 55.8 Å². The van der Waals surface area contributed by atoms with Crippen molar-refractivity contribution in [1.82, 2.24) is 4.90 Å². The Bertz CT molecular complexity index is 363. The fraction of sp³-hybridized carbons (Fsp3) is 0.923. The Kier molecular flexibility index (Phi) is 9.96. The maximum Gasteiger partial charge on any atom is 0.471 e. The van der Waals surface area contributed by atoms with E-state index in [1.54, 1.807) is 0 Å². The molecule has 22 heavy (non-hydrogen) atoms. The molecule has 0 saturated heterocycles. The monoisotopic (exact) mass is 347 g/mol. The number of nitrogens with zero attached hydrogens (tertiary/aromatic N) is 1. The van der Waals surface area contributed by atoms with Crippen LogP contribution in [-0.2, 0) is 18.4 Å². The van der Waals surface area contributed by atoms with Crippen molar-refractivity contribution in [1.29, 1.82) is 0 Å². The van der Waals surface area contributed by atoms with Crippen LogP contribution in [-0.4, -0.2) is 50.0 Å². The molecule has 0 aromatic heterocycles. The van der Waals surface area contributed by atoms with E-state index in [2.05, 4.69) is 0 Å². The largest absolute Gasteiger partial charge is 0.471 e. The van der Waals surface area contributed by atoms with Crippen LogP contribution >= 0.6 is 7.60 Å². The summed E-state index contributed by atoms with van der Waals surface area (Å²) in [6.07, 6.45) is -2.16. The number of halogens is 3. The smallest absolute Gasteiger partial charge is 0.337 e. The zero-order valence-electron chi connectivity index (χ0n) is 13.3. The molecule has 0 atom stereocenters. The van der Waals surface area contributed by atoms with Gasteiger partial charge in [0.25, 0.3) is 0 Å². The summed E-state index contributed by atoms with van der Waals surface area (Å²) in [6, 6.07) is 0. The van der Waals surface area contributed by atoms with E-state index in [0.29, 0.717) is 17.7 Å². The number of carbonyl (C=O) groups excluding carboxylic acids is 1. The van der Waals surface area contributed by atoms with Crippen molar-refractivity contribution in [2.75, 3.05) is 33.0 Å². The van der Waals surface area contributed by atoms with Gasteiger partial charge in [-0.25, -0.2) is 0 Å². The lowest BCUT2D eigenvalue weighted by atomic mass is 10.4. The minimum atomic E-state index is -4.94. The molecular weight excluding hydrogens is 322 g/mol. The number of hydrogen-bond donors (Lipinski definition) is 0. The lowest BCUT2D eigenvalue weighted by molar-refractivity contribution is -0.183. The molecule has 0 bridgehead atoms. The van der Waals surface area contributed by atoms with Crippen molar-refractivity contribution in [2.45, 2.75) is 45.7 Å². The van der Waals surface area contributed by atoms with E-state index in [1.165, 1.54) is 0 Å². The minimum Gasteiger partial charge on any atom is -0.337 e. The fourth-order valence-electron chi connectivity index (χ4n) is 1.45. The van der Waals surface area contributed by atoms with Crippen molar-refractivity contribution < 1.29 is 31.6 Å². The Labute approximate surface area is 129 Å². The van der Waals surface area contributed by atoms with E-state index in [4.69, 9.17) is 9.05 Å². The van der Waals surface area contributed by atoms with E-state index >= 15 is 0 Å². The molecule has 0 unspecified atom stereocenters. The molecule has 9 heteroatoms. The molecule has 0 spiro atoms. The first-order chi connectivity index (χ1) is 10.2. The SMILES string of the molecule is CCCCOP(=O)(CCN(C)C(=O)C(F)(F)F)OCCCC. The number of rotatable bonds is 11. The third-order valence-electron chi connectivity index (χ3n) is 2.87. The van der Waals surface area contributed by atoms with Gasteiger partial charge in [0.2, 0.25) is 0 Å². The molecule has 0 aliphatic rings. The average Bonchev–Trinajstić information content (AvgIpc) is 2.44. The van der Waals surface area contributed by atoms with E-state index in [-0.39, 0.29) is 25.9 Å². The minimum absolute atomic E-state index is 0.219. The molecule has 0 aromatic rings. The molecule has 0 aromatic carbocycles. The first kappa shape index (κ1) is 21.4. The lowest BCUT2D eigenvalue weighted by Gasteiger charge is -2.23. The highest BCUT2D eigenvalue weighted by Gasteiger charge is 2.41. The summed E-state index contributed by atoms with van der Waals surface area (Å²) < 4.78 is 59.8. The van der Waals surface area contributed by atoms with Crippen LogP contribution in [0.1, 0.15) is 39.5 Å². The summed E-state index contributed by atoms with van der Waals surface area (Å²) in [5, 5.41) is 0. The molecule has 0 rings (SSSR count). The van der Waals surface area contributed by atoms with Gasteiger partial charge in [0.15, 0.2) is 0 Å². The van der Waals surface area contributed by atoms with Crippen LogP contribution in [0.5, 0.6) is 0 Å². The predicted octanol–water partition coefficient (Wildman–Crippen LogP) is 3.83. The van der Waals surface area contributed by atoms with Gasteiger partial charge in [0.1, 0.15) is 0 Å². The molecule has 132 valence electrons. The van der Waals surface area contributed by atoms with Crippen LogP contribution in [0.2, 0.25) is 0 Å². The summed E-state index contributed by atoms with van der Waals surface area (Å²) in [6.45, 7) is 3.96. The Morgan fingerprint density at radius 2 is 1.55 bits per heavy atom. The van der Waals surface area contributed by atoms with Gasteiger partial charge in [0, 0.05) is 13.6 Å². The van der Waals surface area contributed by atoms with Crippen molar-refractivity contribution in [3.8, 4) is 0 Å². The van der Waals surface area contributed by atoms with Crippen molar-refractivity contribution in [2.24, 2.45) is 0 Å². The molecule has 0 heterocycles. The van der Waals surface area contributed by atoms with Crippen LogP contribution in [0.25, 0.3) is 0 Å². The van der Waals surface area contributed by atoms with Gasteiger partial charge in [0.05, 0.1) is 19.4 Å². The molecule has 0 saturated carbocycles. The summed E-state index contributed by atoms with van der Waals surface area (Å²) in [5.74, 6) is -1.97. The normalized spacial score (nSPS) is 12.5. The summed E-state index contributed by atoms with van der Waals surface area (Å²) >= 11 is 0. The Morgan fingerprint density at radius 1 is 1.09 bits per heavy atom. The number of amides is 1. The predicted molar refractivity (Wildman–Crippen MR) is 77.9 cm³/mol. The number of hydrogen-bond acceptors (Lipinski definition) is 4. The molecule has 0 radical (unpaired) electrons. The van der Waals surface area contributed by atoms with Gasteiger partial charge in [-0.1, -0.05) is 26.7 Å². The average molecular weight is 347 g/mol. The molecular formula is C13H25F3NO4P. The third-order valence-corrected chi connectivity index (χ3v) is 4.77. The van der Waals surface area contributed by atoms with Crippen LogP contribution in [0.3, 0.4) is 0 Å². The van der Waals surface area contributed by atoms with Gasteiger partial charge in [-0.2, -0.15) is 13.2 Å². The first-order valence-electron chi connectivity index (χ1n) is 7.36. The number of carbonyl (C=O) groups is 1. The van der Waals surface area contributed by atoms with Crippen LogP contribution < -0.4 is 0 Å². The zero-order valence-corrected chi connectivity index (χ0v) is 14.2. The van der Waals surface area contributed by atoms with Gasteiger partial charge >= 0.3 is 19.7 Å². The van der Waals surface area contributed by atoms with Crippen molar-refractivity contribution in [3.05, 3.63) is 0 Å². The van der Waals surface area contributed by atoms with E-state index < -0.39 is 19.7 Å². The van der Waals surface area contributed by atoms with Crippen molar-refractivity contribution in [3.63, 3.8) is 0 Å². The Hall–Kier alpha value is -0.590. The maximum atomic E-state index is 12.5. The Balaban J connectivity index is 4.55. The van der Waals surface area contributed by atoms with Crippen LogP contribution in [0, 0.1) is 0 Å². The molecule has 0 N–H and O–H groups in total. The van der Waals surface area contributed by atoms with Gasteiger partial charge < -0.3 is 13.9 Å². The highest BCUT2D eigenvalue weighted by atomic mass is 31.2. The molecule has 0 aliphatic heterocycles. The highest BCUT2D eigenvalue weighted by molar-refractivity contribution is 7.53. The van der Waals surface area contributed by atoms with Gasteiger partial charge in [-0.3, -0.25) is 9.36 Å². The quantitative estimate of drug-likeness (QED) is 0.421. The maximum absolute atomic E-state index is 12.5. The molecule has 1 amide bonds. The molecule has 0 fully saturated rings. The molecule has 0 aliphatic carbocycles. The third kappa shape index (κ3) is 8.76. The standard InChI is InChI=1S/C13H25F3NO4P/c1-4-6-9-20-22(19,21-10-7-5-2)11-8-17(3)12(18)13(14,15)16/h4-11H2,1-3H3. The second-order valence-electron chi connectivity index (χ2n) is 4.93. The van der Waals surface area contributed by atoms with E-state index in [0.717, 1.165) is 19.9 Å². The van der Waals surface area contributed by atoms with E-state index in [1.807, 2.05) is 13.8 Å². The first-order valence-corrected chi connectivity index (χ1v) is 9.09. The van der Waals surface area contributed by atoms with E-state index in [9.17, 15) is 22.5 Å². The highest BCUT2D eigenvalue weighted by Crippen LogP contribution is 2.48. The van der Waals surface area contributed by atoms with Gasteiger partial charge in [-0.15, -0.1) is 0 Å². The van der Waals surface area contributed by atoms with Crippen LogP contribution in [0.4, 0.5) is 13.2 Å². The second kappa shape index (κ2) is 10.2. The lowest BCUT2D eigenvalue weighted by Crippen LogP contribution is -2.39. The fourth-order valence-corrected chi connectivity index (χ4v) is 3.14. The summed E-state index contributed by atoms with van der Waals surface area (Å²) in [7, 11) is -2.47. The molecule has 5 nitrogen and oxygen atoms in total. The van der Waals surface area contributed by atoms with Crippen LogP contribution in [0.15, 0.2) is 0 Å². The van der Waals surface area contributed by atoms with Crippen molar-refractivity contribution >= 4 is 13.5 Å². The zero-order chi connectivity index (χ0) is 17.2. The number of alkyl halides is 3. The summed E-state index contributed by atoms with van der Waals surface area (Å²) in [4.78, 5) is 11.5. The Morgan fingerprint density at radius 3 is 1.91 bits per heavy atom. The van der Waals surface area contributed by atoms with Gasteiger partial charge in [-0.05, 0) is 12.8 Å². The summed E-state index contributed by atoms with van der Waals surface area (Å²) in [5.41, 5.74) is 0. The second-order valence-corrected chi connectivity index (χ2v) is 7.12.